The van der Waals surface area contributed by atoms with E-state index in [1.54, 1.807) is 6.92 Å². The Hall–Kier alpha value is -0.610. The first-order valence-corrected chi connectivity index (χ1v) is 5.18. The average Bonchev–Trinajstić information content (AvgIpc) is 2.17. The number of likely N-dealkylation sites (N-methyl/N-ethyl adjacent to an activating group) is 1. The van der Waals surface area contributed by atoms with Gasteiger partial charge in [0.05, 0.1) is 6.61 Å². The second-order valence-corrected chi connectivity index (χ2v) is 3.43. The molecule has 0 rings (SSSR count). The van der Waals surface area contributed by atoms with Crippen LogP contribution in [0.1, 0.15) is 27.2 Å². The van der Waals surface area contributed by atoms with Crippen LogP contribution in [-0.4, -0.2) is 38.3 Å². The zero-order chi connectivity index (χ0) is 11.0. The first kappa shape index (κ1) is 13.4. The quantitative estimate of drug-likeness (QED) is 0.592. The molecule has 4 heteroatoms. The van der Waals surface area contributed by atoms with Crippen molar-refractivity contribution in [1.29, 1.82) is 0 Å². The third kappa shape index (κ3) is 5.94. The zero-order valence-corrected chi connectivity index (χ0v) is 9.59. The predicted molar refractivity (Wildman–Crippen MR) is 57.2 cm³/mol. The van der Waals surface area contributed by atoms with Crippen LogP contribution < -0.4 is 10.6 Å². The van der Waals surface area contributed by atoms with Crippen LogP contribution in [0.4, 0.5) is 0 Å². The van der Waals surface area contributed by atoms with Crippen molar-refractivity contribution in [2.24, 2.45) is 0 Å². The summed E-state index contributed by atoms with van der Waals surface area (Å²) < 4.78 is 5.32. The summed E-state index contributed by atoms with van der Waals surface area (Å²) in [4.78, 5) is 11.5. The molecule has 0 heterocycles. The van der Waals surface area contributed by atoms with Gasteiger partial charge in [-0.1, -0.05) is 6.92 Å². The zero-order valence-electron chi connectivity index (χ0n) is 9.59. The summed E-state index contributed by atoms with van der Waals surface area (Å²) in [5.74, 6) is -0.0320. The Balaban J connectivity index is 3.64. The SMILES string of the molecule is CCC(C)NC(=O)C(C)OCCNC. The largest absolute Gasteiger partial charge is 0.367 e. The van der Waals surface area contributed by atoms with Gasteiger partial charge in [-0.05, 0) is 27.3 Å². The van der Waals surface area contributed by atoms with Crippen LogP contribution in [0.2, 0.25) is 0 Å². The standard InChI is InChI=1S/C10H22N2O2/c1-5-8(2)12-10(13)9(3)14-7-6-11-4/h8-9,11H,5-7H2,1-4H3,(H,12,13). The fraction of sp³-hybridized carbons (Fsp3) is 0.900. The molecule has 2 unspecified atom stereocenters. The van der Waals surface area contributed by atoms with Gasteiger partial charge in [0.25, 0.3) is 0 Å². The molecule has 2 atom stereocenters. The van der Waals surface area contributed by atoms with E-state index >= 15 is 0 Å². The van der Waals surface area contributed by atoms with Crippen molar-refractivity contribution >= 4 is 5.91 Å². The van der Waals surface area contributed by atoms with Crippen LogP contribution in [-0.2, 0) is 9.53 Å². The normalized spacial score (nSPS) is 14.9. The maximum atomic E-state index is 11.5. The highest BCUT2D eigenvalue weighted by molar-refractivity contribution is 5.80. The summed E-state index contributed by atoms with van der Waals surface area (Å²) in [6.45, 7) is 7.12. The Morgan fingerprint density at radius 2 is 2.07 bits per heavy atom. The van der Waals surface area contributed by atoms with Gasteiger partial charge >= 0.3 is 0 Å². The molecule has 0 aliphatic heterocycles. The first-order valence-electron chi connectivity index (χ1n) is 5.18. The number of rotatable bonds is 7. The van der Waals surface area contributed by atoms with Crippen LogP contribution in [0.15, 0.2) is 0 Å². The summed E-state index contributed by atoms with van der Waals surface area (Å²) in [5.41, 5.74) is 0. The van der Waals surface area contributed by atoms with E-state index < -0.39 is 0 Å². The van der Waals surface area contributed by atoms with E-state index in [-0.39, 0.29) is 18.1 Å². The van der Waals surface area contributed by atoms with Gasteiger partial charge in [0.15, 0.2) is 0 Å². The molecule has 0 aliphatic carbocycles. The van der Waals surface area contributed by atoms with E-state index in [9.17, 15) is 4.79 Å². The molecule has 0 spiro atoms. The van der Waals surface area contributed by atoms with Crippen molar-refractivity contribution in [3.63, 3.8) is 0 Å². The molecule has 84 valence electrons. The number of amides is 1. The lowest BCUT2D eigenvalue weighted by Crippen LogP contribution is -2.40. The monoisotopic (exact) mass is 202 g/mol. The fourth-order valence-electron chi connectivity index (χ4n) is 0.876. The lowest BCUT2D eigenvalue weighted by Gasteiger charge is -2.16. The van der Waals surface area contributed by atoms with Crippen LogP contribution in [0, 0.1) is 0 Å². The van der Waals surface area contributed by atoms with E-state index in [1.807, 2.05) is 20.9 Å². The van der Waals surface area contributed by atoms with Gasteiger partial charge in [0, 0.05) is 12.6 Å². The lowest BCUT2D eigenvalue weighted by molar-refractivity contribution is -0.132. The maximum absolute atomic E-state index is 11.5. The summed E-state index contributed by atoms with van der Waals surface area (Å²) in [6, 6.07) is 0.220. The number of carbonyl (C=O) groups excluding carboxylic acids is 1. The van der Waals surface area contributed by atoms with E-state index in [1.165, 1.54) is 0 Å². The summed E-state index contributed by atoms with van der Waals surface area (Å²) >= 11 is 0. The fourth-order valence-corrected chi connectivity index (χ4v) is 0.876. The molecule has 0 saturated heterocycles. The topological polar surface area (TPSA) is 50.4 Å². The van der Waals surface area contributed by atoms with Crippen LogP contribution in [0.3, 0.4) is 0 Å². The van der Waals surface area contributed by atoms with Gasteiger partial charge in [0.2, 0.25) is 5.91 Å². The minimum Gasteiger partial charge on any atom is -0.367 e. The number of ether oxygens (including phenoxy) is 1. The Morgan fingerprint density at radius 3 is 2.57 bits per heavy atom. The highest BCUT2D eigenvalue weighted by atomic mass is 16.5. The third-order valence-electron chi connectivity index (χ3n) is 2.09. The van der Waals surface area contributed by atoms with Crippen molar-refractivity contribution < 1.29 is 9.53 Å². The highest BCUT2D eigenvalue weighted by Crippen LogP contribution is 1.94. The van der Waals surface area contributed by atoms with Gasteiger partial charge in [-0.25, -0.2) is 0 Å². The molecule has 0 aromatic carbocycles. The van der Waals surface area contributed by atoms with Crippen molar-refractivity contribution in [1.82, 2.24) is 10.6 Å². The molecule has 14 heavy (non-hydrogen) atoms. The average molecular weight is 202 g/mol. The molecular weight excluding hydrogens is 180 g/mol. The molecule has 4 nitrogen and oxygen atoms in total. The van der Waals surface area contributed by atoms with E-state index in [0.29, 0.717) is 6.61 Å². The molecule has 0 aromatic rings. The molecule has 0 saturated carbocycles. The Bertz CT molecular complexity index is 162. The second kappa shape index (κ2) is 7.76. The minimum atomic E-state index is -0.364. The maximum Gasteiger partial charge on any atom is 0.249 e. The highest BCUT2D eigenvalue weighted by Gasteiger charge is 2.14. The van der Waals surface area contributed by atoms with Crippen molar-refractivity contribution in [2.75, 3.05) is 20.2 Å². The summed E-state index contributed by atoms with van der Waals surface area (Å²) in [6.07, 6.45) is 0.576. The molecule has 0 radical (unpaired) electrons. The van der Waals surface area contributed by atoms with E-state index in [4.69, 9.17) is 4.74 Å². The molecule has 0 fully saturated rings. The lowest BCUT2D eigenvalue weighted by atomic mass is 10.2. The Morgan fingerprint density at radius 1 is 1.43 bits per heavy atom. The van der Waals surface area contributed by atoms with E-state index in [0.717, 1.165) is 13.0 Å². The molecule has 2 N–H and O–H groups in total. The smallest absolute Gasteiger partial charge is 0.249 e. The van der Waals surface area contributed by atoms with Gasteiger partial charge < -0.3 is 15.4 Å². The number of hydrogen-bond acceptors (Lipinski definition) is 3. The molecular formula is C10H22N2O2. The summed E-state index contributed by atoms with van der Waals surface area (Å²) in [7, 11) is 1.85. The van der Waals surface area contributed by atoms with Gasteiger partial charge in [-0.15, -0.1) is 0 Å². The Labute approximate surface area is 86.4 Å². The number of hydrogen-bond donors (Lipinski definition) is 2. The molecule has 0 aromatic heterocycles. The third-order valence-corrected chi connectivity index (χ3v) is 2.09. The van der Waals surface area contributed by atoms with Crippen molar-refractivity contribution in [3.05, 3.63) is 0 Å². The minimum absolute atomic E-state index is 0.0320. The molecule has 0 bridgehead atoms. The van der Waals surface area contributed by atoms with Crippen molar-refractivity contribution in [2.45, 2.75) is 39.3 Å². The van der Waals surface area contributed by atoms with Gasteiger partial charge in [-0.3, -0.25) is 4.79 Å². The van der Waals surface area contributed by atoms with E-state index in [2.05, 4.69) is 10.6 Å². The van der Waals surface area contributed by atoms with Crippen LogP contribution in [0.25, 0.3) is 0 Å². The van der Waals surface area contributed by atoms with Crippen LogP contribution in [0.5, 0.6) is 0 Å². The molecule has 1 amide bonds. The molecule has 0 aliphatic rings. The summed E-state index contributed by atoms with van der Waals surface area (Å²) in [5, 5.41) is 5.83. The Kier molecular flexibility index (Phi) is 7.42. The number of carbonyl (C=O) groups is 1. The van der Waals surface area contributed by atoms with Crippen LogP contribution >= 0.6 is 0 Å². The predicted octanol–water partition coefficient (Wildman–Crippen LogP) is 0.526. The van der Waals surface area contributed by atoms with Crippen molar-refractivity contribution in [3.8, 4) is 0 Å². The van der Waals surface area contributed by atoms with Gasteiger partial charge in [0.1, 0.15) is 6.10 Å². The van der Waals surface area contributed by atoms with Gasteiger partial charge in [-0.2, -0.15) is 0 Å². The second-order valence-electron chi connectivity index (χ2n) is 3.43. The first-order chi connectivity index (χ1) is 6.61. The number of nitrogens with one attached hydrogen (secondary N) is 2.